The second-order valence-electron chi connectivity index (χ2n) is 6.29. The van der Waals surface area contributed by atoms with Crippen LogP contribution in [-0.4, -0.2) is 23.3 Å². The number of rotatable bonds is 3. The predicted octanol–water partition coefficient (Wildman–Crippen LogP) is 3.52. The van der Waals surface area contributed by atoms with Crippen LogP contribution in [0.15, 0.2) is 64.6 Å². The third kappa shape index (κ3) is 3.37. The quantitative estimate of drug-likeness (QED) is 0.905. The van der Waals surface area contributed by atoms with Gasteiger partial charge >= 0.3 is 0 Å². The van der Waals surface area contributed by atoms with Gasteiger partial charge in [-0.3, -0.25) is 9.59 Å². The topological polar surface area (TPSA) is 61.8 Å². The molecular formula is C20H19N3O2S. The normalized spacial score (nSPS) is 19.5. The van der Waals surface area contributed by atoms with Gasteiger partial charge < -0.3 is 5.32 Å². The Balaban J connectivity index is 1.54. The van der Waals surface area contributed by atoms with Gasteiger partial charge in [0.25, 0.3) is 5.91 Å². The zero-order valence-electron chi connectivity index (χ0n) is 14.2. The lowest BCUT2D eigenvalue weighted by Crippen LogP contribution is -2.41. The SMILES string of the molecule is O=C(N[C@H]1CCSc2ccccc21)C1=NN(c2ccccc2)C(=O)CC1. The average molecular weight is 365 g/mol. The van der Waals surface area contributed by atoms with E-state index in [1.807, 2.05) is 54.2 Å². The minimum Gasteiger partial charge on any atom is -0.344 e. The lowest BCUT2D eigenvalue weighted by Gasteiger charge is -2.27. The van der Waals surface area contributed by atoms with Crippen molar-refractivity contribution in [1.82, 2.24) is 5.32 Å². The van der Waals surface area contributed by atoms with Gasteiger partial charge in [0.05, 0.1) is 11.7 Å². The molecule has 0 bridgehead atoms. The number of nitrogens with one attached hydrogen (secondary N) is 1. The molecule has 2 aromatic rings. The maximum atomic E-state index is 12.8. The van der Waals surface area contributed by atoms with E-state index >= 15 is 0 Å². The maximum Gasteiger partial charge on any atom is 0.267 e. The Morgan fingerprint density at radius 3 is 2.69 bits per heavy atom. The number of para-hydroxylation sites is 1. The van der Waals surface area contributed by atoms with Gasteiger partial charge in [-0.15, -0.1) is 11.8 Å². The molecule has 2 amide bonds. The Hall–Kier alpha value is -2.60. The van der Waals surface area contributed by atoms with Crippen molar-refractivity contribution < 1.29 is 9.59 Å². The monoisotopic (exact) mass is 365 g/mol. The van der Waals surface area contributed by atoms with E-state index in [0.29, 0.717) is 17.8 Å². The van der Waals surface area contributed by atoms with Crippen LogP contribution in [0, 0.1) is 0 Å². The molecule has 1 atom stereocenters. The molecule has 0 saturated carbocycles. The number of fused-ring (bicyclic) bond motifs is 1. The number of amides is 2. The zero-order chi connectivity index (χ0) is 17.9. The van der Waals surface area contributed by atoms with Gasteiger partial charge in [-0.05, 0) is 30.2 Å². The fraction of sp³-hybridized carbons (Fsp3) is 0.250. The van der Waals surface area contributed by atoms with Crippen LogP contribution in [0.3, 0.4) is 0 Å². The van der Waals surface area contributed by atoms with Crippen LogP contribution in [0.4, 0.5) is 5.69 Å². The minimum absolute atomic E-state index is 0.00884. The van der Waals surface area contributed by atoms with Crippen LogP contribution in [0.2, 0.25) is 0 Å². The Morgan fingerprint density at radius 2 is 1.85 bits per heavy atom. The highest BCUT2D eigenvalue weighted by molar-refractivity contribution is 7.99. The van der Waals surface area contributed by atoms with Crippen molar-refractivity contribution in [3.63, 3.8) is 0 Å². The molecule has 0 saturated heterocycles. The number of nitrogens with zero attached hydrogens (tertiary/aromatic N) is 2. The van der Waals surface area contributed by atoms with Crippen molar-refractivity contribution in [3.8, 4) is 0 Å². The Kier molecular flexibility index (Phi) is 4.75. The van der Waals surface area contributed by atoms with Crippen LogP contribution in [0.25, 0.3) is 0 Å². The van der Waals surface area contributed by atoms with Crippen LogP contribution in [0.5, 0.6) is 0 Å². The Morgan fingerprint density at radius 1 is 1.08 bits per heavy atom. The van der Waals surface area contributed by atoms with Gasteiger partial charge in [0, 0.05) is 23.5 Å². The summed E-state index contributed by atoms with van der Waals surface area (Å²) in [5.74, 6) is 0.695. The third-order valence-electron chi connectivity index (χ3n) is 4.56. The first kappa shape index (κ1) is 16.8. The summed E-state index contributed by atoms with van der Waals surface area (Å²) >= 11 is 1.82. The number of carbonyl (C=O) groups excluding carboxylic acids is 2. The molecule has 132 valence electrons. The lowest BCUT2D eigenvalue weighted by molar-refractivity contribution is -0.119. The smallest absolute Gasteiger partial charge is 0.267 e. The van der Waals surface area contributed by atoms with Gasteiger partial charge in [0.2, 0.25) is 5.91 Å². The second-order valence-corrected chi connectivity index (χ2v) is 7.43. The van der Waals surface area contributed by atoms with Crippen molar-refractivity contribution >= 4 is 35.0 Å². The number of anilines is 1. The fourth-order valence-electron chi connectivity index (χ4n) is 3.22. The zero-order valence-corrected chi connectivity index (χ0v) is 15.0. The molecule has 0 fully saturated rings. The summed E-state index contributed by atoms with van der Waals surface area (Å²) in [7, 11) is 0. The van der Waals surface area contributed by atoms with E-state index in [1.165, 1.54) is 9.90 Å². The molecule has 2 aliphatic rings. The summed E-state index contributed by atoms with van der Waals surface area (Å²) in [6, 6.07) is 17.4. The van der Waals surface area contributed by atoms with E-state index in [2.05, 4.69) is 22.6 Å². The van der Waals surface area contributed by atoms with Gasteiger partial charge in [-0.25, -0.2) is 5.01 Å². The van der Waals surface area contributed by atoms with Crippen LogP contribution in [0.1, 0.15) is 30.9 Å². The van der Waals surface area contributed by atoms with Crippen molar-refractivity contribution in [3.05, 3.63) is 60.2 Å². The highest BCUT2D eigenvalue weighted by Gasteiger charge is 2.28. The van der Waals surface area contributed by atoms with Crippen molar-refractivity contribution in [2.45, 2.75) is 30.2 Å². The summed E-state index contributed by atoms with van der Waals surface area (Å²) in [5, 5.41) is 8.78. The van der Waals surface area contributed by atoms with E-state index < -0.39 is 0 Å². The summed E-state index contributed by atoms with van der Waals surface area (Å²) in [6.07, 6.45) is 1.55. The number of hydrogen-bond donors (Lipinski definition) is 1. The first-order chi connectivity index (χ1) is 12.7. The molecule has 4 rings (SSSR count). The number of hydrazone groups is 1. The molecule has 0 radical (unpaired) electrons. The molecule has 0 aromatic heterocycles. The molecule has 1 N–H and O–H groups in total. The molecule has 26 heavy (non-hydrogen) atoms. The van der Waals surface area contributed by atoms with Crippen molar-refractivity contribution in [2.75, 3.05) is 10.8 Å². The van der Waals surface area contributed by atoms with Crippen LogP contribution < -0.4 is 10.3 Å². The summed E-state index contributed by atoms with van der Waals surface area (Å²) < 4.78 is 0. The molecular weight excluding hydrogens is 346 g/mol. The maximum absolute atomic E-state index is 12.8. The molecule has 0 aliphatic carbocycles. The average Bonchev–Trinajstić information content (AvgIpc) is 2.69. The van der Waals surface area contributed by atoms with E-state index in [1.54, 1.807) is 0 Å². The van der Waals surface area contributed by atoms with Crippen molar-refractivity contribution in [2.24, 2.45) is 5.10 Å². The molecule has 5 nitrogen and oxygen atoms in total. The van der Waals surface area contributed by atoms with Gasteiger partial charge in [0.15, 0.2) is 0 Å². The highest BCUT2D eigenvalue weighted by atomic mass is 32.2. The van der Waals surface area contributed by atoms with Gasteiger partial charge in [0.1, 0.15) is 5.71 Å². The number of thioether (sulfide) groups is 1. The Bertz CT molecular complexity index is 866. The van der Waals surface area contributed by atoms with E-state index in [0.717, 1.165) is 17.7 Å². The second kappa shape index (κ2) is 7.33. The predicted molar refractivity (Wildman–Crippen MR) is 103 cm³/mol. The molecule has 6 heteroatoms. The number of carbonyl (C=O) groups is 2. The lowest BCUT2D eigenvalue weighted by atomic mass is 10.0. The molecule has 2 heterocycles. The summed E-state index contributed by atoms with van der Waals surface area (Å²) in [4.78, 5) is 26.2. The summed E-state index contributed by atoms with van der Waals surface area (Å²) in [6.45, 7) is 0. The molecule has 2 aromatic carbocycles. The molecule has 2 aliphatic heterocycles. The molecule has 0 unspecified atom stereocenters. The Labute approximate surface area is 156 Å². The minimum atomic E-state index is -0.190. The van der Waals surface area contributed by atoms with Gasteiger partial charge in [-0.2, -0.15) is 5.10 Å². The first-order valence-electron chi connectivity index (χ1n) is 8.70. The third-order valence-corrected chi connectivity index (χ3v) is 5.68. The van der Waals surface area contributed by atoms with Gasteiger partial charge in [-0.1, -0.05) is 36.4 Å². The summed E-state index contributed by atoms with van der Waals surface area (Å²) in [5.41, 5.74) is 2.25. The van der Waals surface area contributed by atoms with Crippen LogP contribution >= 0.6 is 11.8 Å². The van der Waals surface area contributed by atoms with E-state index in [4.69, 9.17) is 0 Å². The van der Waals surface area contributed by atoms with E-state index in [-0.39, 0.29) is 24.3 Å². The fourth-order valence-corrected chi connectivity index (χ4v) is 4.35. The largest absolute Gasteiger partial charge is 0.344 e. The first-order valence-corrected chi connectivity index (χ1v) is 9.69. The number of hydrogen-bond acceptors (Lipinski definition) is 4. The van der Waals surface area contributed by atoms with Crippen molar-refractivity contribution in [1.29, 1.82) is 0 Å². The number of benzene rings is 2. The molecule has 0 spiro atoms. The van der Waals surface area contributed by atoms with E-state index in [9.17, 15) is 9.59 Å². The standard InChI is InChI=1S/C20H19N3O2S/c24-19-11-10-17(22-23(19)14-6-2-1-3-7-14)20(25)21-16-12-13-26-18-9-5-4-8-15(16)18/h1-9,16H,10-13H2,(H,21,25)/t16-/m0/s1. The van der Waals surface area contributed by atoms with Crippen LogP contribution in [-0.2, 0) is 9.59 Å². The highest BCUT2D eigenvalue weighted by Crippen LogP contribution is 2.35.